The van der Waals surface area contributed by atoms with E-state index in [4.69, 9.17) is 15.7 Å². The highest BCUT2D eigenvalue weighted by Gasteiger charge is 2.27. The Hall–Kier alpha value is -3.99. The van der Waals surface area contributed by atoms with Crippen LogP contribution in [0.15, 0.2) is 48.7 Å². The van der Waals surface area contributed by atoms with E-state index in [0.29, 0.717) is 49.7 Å². The van der Waals surface area contributed by atoms with Crippen LogP contribution >= 0.6 is 0 Å². The summed E-state index contributed by atoms with van der Waals surface area (Å²) in [7, 11) is 0. The maximum Gasteiger partial charge on any atom is 0.410 e. The first-order valence-corrected chi connectivity index (χ1v) is 12.0. The first kappa shape index (κ1) is 25.1. The molecular weight excluding hydrogens is 457 g/mol. The number of aryl methyl sites for hydroxylation is 1. The molecule has 1 aliphatic rings. The molecule has 0 radical (unpaired) electrons. The van der Waals surface area contributed by atoms with Crippen molar-refractivity contribution in [2.75, 3.05) is 36.8 Å². The number of ether oxygens (including phenoxy) is 1. The third kappa shape index (κ3) is 5.62. The Labute approximate surface area is 211 Å². The van der Waals surface area contributed by atoms with Gasteiger partial charge in [-0.2, -0.15) is 5.26 Å². The summed E-state index contributed by atoms with van der Waals surface area (Å²) in [5.74, 6) is -0.371. The summed E-state index contributed by atoms with van der Waals surface area (Å²) in [5.41, 5.74) is 11.1. The van der Waals surface area contributed by atoms with Crippen molar-refractivity contribution in [2.24, 2.45) is 0 Å². The second-order valence-electron chi connectivity index (χ2n) is 10.1. The van der Waals surface area contributed by atoms with E-state index < -0.39 is 5.60 Å². The molecule has 1 aromatic heterocycles. The first-order valence-electron chi connectivity index (χ1n) is 12.0. The van der Waals surface area contributed by atoms with E-state index >= 15 is 0 Å². The number of amides is 1. The summed E-state index contributed by atoms with van der Waals surface area (Å²) in [4.78, 5) is 16.0. The molecule has 188 valence electrons. The lowest BCUT2D eigenvalue weighted by Crippen LogP contribution is -2.50. The normalized spacial score (nSPS) is 14.0. The predicted molar refractivity (Wildman–Crippen MR) is 139 cm³/mol. The van der Waals surface area contributed by atoms with Crippen molar-refractivity contribution in [1.29, 1.82) is 5.26 Å². The highest BCUT2D eigenvalue weighted by Crippen LogP contribution is 2.29. The van der Waals surface area contributed by atoms with Crippen LogP contribution in [0.2, 0.25) is 0 Å². The summed E-state index contributed by atoms with van der Waals surface area (Å²) in [6.45, 7) is 9.96. The number of aromatic nitrogens is 1. The molecule has 0 aliphatic carbocycles. The van der Waals surface area contributed by atoms with Crippen molar-refractivity contribution in [3.63, 3.8) is 0 Å². The lowest BCUT2D eigenvalue weighted by atomic mass is 10.1. The number of anilines is 2. The fraction of sp³-hybridized carbons (Fsp3) is 0.357. The molecule has 7 nitrogen and oxygen atoms in total. The molecule has 2 heterocycles. The largest absolute Gasteiger partial charge is 0.444 e. The van der Waals surface area contributed by atoms with Crippen molar-refractivity contribution in [2.45, 2.75) is 39.8 Å². The minimum absolute atomic E-state index is 0.346. The van der Waals surface area contributed by atoms with Gasteiger partial charge in [0.05, 0.1) is 17.3 Å². The standard InChI is InChI=1S/C28H32FN5O2/c1-19-13-22(21-7-5-20(16-30)6-8-21)17-34(19)18-23-14-26(24(29)15-25(23)31)32-9-11-33(12-10-32)27(35)36-28(2,3)4/h5-8,13-15,17H,9-12,18,31H2,1-4H3. The van der Waals surface area contributed by atoms with Crippen LogP contribution in [0.4, 0.5) is 20.6 Å². The van der Waals surface area contributed by atoms with Gasteiger partial charge in [-0.05, 0) is 74.7 Å². The van der Waals surface area contributed by atoms with Crippen LogP contribution in [-0.2, 0) is 11.3 Å². The van der Waals surface area contributed by atoms with Gasteiger partial charge >= 0.3 is 6.09 Å². The zero-order valence-electron chi connectivity index (χ0n) is 21.2. The van der Waals surface area contributed by atoms with Gasteiger partial charge in [-0.3, -0.25) is 0 Å². The average molecular weight is 490 g/mol. The van der Waals surface area contributed by atoms with E-state index in [1.54, 1.807) is 17.0 Å². The molecule has 36 heavy (non-hydrogen) atoms. The van der Waals surface area contributed by atoms with Crippen LogP contribution in [0.25, 0.3) is 11.1 Å². The van der Waals surface area contributed by atoms with Crippen molar-refractivity contribution >= 4 is 17.5 Å². The SMILES string of the molecule is Cc1cc(-c2ccc(C#N)cc2)cn1Cc1cc(N2CCN(C(=O)OC(C)(C)C)CC2)c(F)cc1N. The van der Waals surface area contributed by atoms with Gasteiger partial charge in [0.1, 0.15) is 11.4 Å². The van der Waals surface area contributed by atoms with E-state index in [0.717, 1.165) is 22.4 Å². The number of rotatable bonds is 4. The monoisotopic (exact) mass is 489 g/mol. The maximum absolute atomic E-state index is 14.9. The minimum atomic E-state index is -0.553. The van der Waals surface area contributed by atoms with Crippen molar-refractivity contribution in [3.8, 4) is 17.2 Å². The van der Waals surface area contributed by atoms with Crippen molar-refractivity contribution in [3.05, 3.63) is 71.3 Å². The number of halogens is 1. The number of nitriles is 1. The second kappa shape index (κ2) is 9.94. The van der Waals surface area contributed by atoms with Crippen LogP contribution in [0.5, 0.6) is 0 Å². The topological polar surface area (TPSA) is 87.5 Å². The zero-order chi connectivity index (χ0) is 26.0. The Morgan fingerprint density at radius 2 is 1.75 bits per heavy atom. The number of nitrogen functional groups attached to an aromatic ring is 1. The number of nitrogens with zero attached hydrogens (tertiary/aromatic N) is 4. The van der Waals surface area contributed by atoms with Crippen LogP contribution in [0.1, 0.15) is 37.6 Å². The molecule has 0 spiro atoms. The number of piperazine rings is 1. The molecule has 0 saturated carbocycles. The van der Waals surface area contributed by atoms with E-state index in [1.807, 2.05) is 57.0 Å². The summed E-state index contributed by atoms with van der Waals surface area (Å²) in [6, 6.07) is 14.9. The minimum Gasteiger partial charge on any atom is -0.444 e. The highest BCUT2D eigenvalue weighted by atomic mass is 19.1. The quantitative estimate of drug-likeness (QED) is 0.512. The summed E-state index contributed by atoms with van der Waals surface area (Å²) < 4.78 is 22.5. The average Bonchev–Trinajstić information content (AvgIpc) is 3.20. The molecule has 4 rings (SSSR count). The number of hydrogen-bond acceptors (Lipinski definition) is 5. The van der Waals surface area contributed by atoms with E-state index in [9.17, 15) is 9.18 Å². The van der Waals surface area contributed by atoms with Gasteiger partial charge in [0.2, 0.25) is 0 Å². The summed E-state index contributed by atoms with van der Waals surface area (Å²) in [5, 5.41) is 9.03. The lowest BCUT2D eigenvalue weighted by Gasteiger charge is -2.37. The van der Waals surface area contributed by atoms with Gasteiger partial charge < -0.3 is 24.8 Å². The molecule has 3 aromatic rings. The first-order chi connectivity index (χ1) is 17.0. The number of hydrogen-bond donors (Lipinski definition) is 1. The predicted octanol–water partition coefficient (Wildman–Crippen LogP) is 5.16. The smallest absolute Gasteiger partial charge is 0.410 e. The number of benzene rings is 2. The molecule has 2 aromatic carbocycles. The lowest BCUT2D eigenvalue weighted by molar-refractivity contribution is 0.0240. The molecular formula is C28H32FN5O2. The molecule has 1 amide bonds. The Bertz CT molecular complexity index is 1290. The molecule has 2 N–H and O–H groups in total. The highest BCUT2D eigenvalue weighted by molar-refractivity contribution is 5.69. The van der Waals surface area contributed by atoms with E-state index in [1.165, 1.54) is 6.07 Å². The van der Waals surface area contributed by atoms with Crippen molar-refractivity contribution in [1.82, 2.24) is 9.47 Å². The number of nitrogens with two attached hydrogens (primary N) is 1. The van der Waals surface area contributed by atoms with Gasteiger partial charge in [0.25, 0.3) is 0 Å². The van der Waals surface area contributed by atoms with Crippen LogP contribution in [0, 0.1) is 24.1 Å². The fourth-order valence-electron chi connectivity index (χ4n) is 4.32. The molecule has 0 atom stereocenters. The van der Waals surface area contributed by atoms with Gasteiger partial charge in [-0.15, -0.1) is 0 Å². The third-order valence-corrected chi connectivity index (χ3v) is 6.28. The van der Waals surface area contributed by atoms with Crippen LogP contribution in [-0.4, -0.2) is 47.3 Å². The number of carbonyl (C=O) groups is 1. The van der Waals surface area contributed by atoms with Gasteiger partial charge in [0.15, 0.2) is 0 Å². The van der Waals surface area contributed by atoms with Gasteiger partial charge in [0, 0.05) is 50.3 Å². The Morgan fingerprint density at radius 3 is 2.36 bits per heavy atom. The fourth-order valence-corrected chi connectivity index (χ4v) is 4.32. The molecule has 1 fully saturated rings. The molecule has 1 aliphatic heterocycles. The van der Waals surface area contributed by atoms with Crippen molar-refractivity contribution < 1.29 is 13.9 Å². The summed E-state index contributed by atoms with van der Waals surface area (Å²) in [6.07, 6.45) is 1.69. The Morgan fingerprint density at radius 1 is 1.08 bits per heavy atom. The van der Waals surface area contributed by atoms with Crippen LogP contribution < -0.4 is 10.6 Å². The van der Waals surface area contributed by atoms with Gasteiger partial charge in [-0.25, -0.2) is 9.18 Å². The Kier molecular flexibility index (Phi) is 6.93. The van der Waals surface area contributed by atoms with Crippen LogP contribution in [0.3, 0.4) is 0 Å². The zero-order valence-corrected chi connectivity index (χ0v) is 21.2. The molecule has 0 unspecified atom stereocenters. The van der Waals surface area contributed by atoms with Gasteiger partial charge in [-0.1, -0.05) is 12.1 Å². The van der Waals surface area contributed by atoms with E-state index in [2.05, 4.69) is 16.7 Å². The number of carbonyl (C=O) groups excluding carboxylic acids is 1. The molecule has 1 saturated heterocycles. The molecule has 0 bridgehead atoms. The third-order valence-electron chi connectivity index (χ3n) is 6.28. The second-order valence-corrected chi connectivity index (χ2v) is 10.1. The molecule has 8 heteroatoms. The maximum atomic E-state index is 14.9. The summed E-state index contributed by atoms with van der Waals surface area (Å²) >= 11 is 0. The van der Waals surface area contributed by atoms with E-state index in [-0.39, 0.29) is 11.9 Å². The Balaban J connectivity index is 1.50.